The Bertz CT molecular complexity index is 332. The van der Waals surface area contributed by atoms with Crippen molar-refractivity contribution in [1.29, 1.82) is 0 Å². The maximum absolute atomic E-state index is 7.83. The third-order valence-corrected chi connectivity index (χ3v) is 1.24. The van der Waals surface area contributed by atoms with E-state index >= 15 is 0 Å². The molecule has 0 radical (unpaired) electrons. The Balaban J connectivity index is 0.000000791. The Labute approximate surface area is 85.1 Å². The molecule has 0 aliphatic heterocycles. The summed E-state index contributed by atoms with van der Waals surface area (Å²) in [5.41, 5.74) is 7.21. The molecule has 0 amide bonds. The zero-order chi connectivity index (χ0) is 10.8. The summed E-state index contributed by atoms with van der Waals surface area (Å²) < 4.78 is 14.7. The van der Waals surface area contributed by atoms with Crippen LogP contribution in [0, 0.1) is 11.8 Å². The average Bonchev–Trinajstić information content (AvgIpc) is 2.21. The fraction of sp³-hybridized carbons (Fsp3) is 0.200. The summed E-state index contributed by atoms with van der Waals surface area (Å²) in [6.45, 7) is 0.356. The van der Waals surface area contributed by atoms with Crippen LogP contribution in [0.3, 0.4) is 0 Å². The van der Waals surface area contributed by atoms with E-state index in [1.165, 1.54) is 0 Å². The van der Waals surface area contributed by atoms with Gasteiger partial charge in [0.2, 0.25) is 0 Å². The molecule has 13 heavy (non-hydrogen) atoms. The minimum atomic E-state index is 0.356. The lowest BCUT2D eigenvalue weighted by molar-refractivity contribution is 0.702. The van der Waals surface area contributed by atoms with Gasteiger partial charge in [0.15, 0.2) is 12.5 Å². The molecular formula is C10H11NOS. The Morgan fingerprint density at radius 1 is 1.62 bits per heavy atom. The molecule has 0 atom stereocenters. The minimum absolute atomic E-state index is 0.356. The third kappa shape index (κ3) is 4.94. The summed E-state index contributed by atoms with van der Waals surface area (Å²) in [4.78, 5) is 0. The topological polar surface area (TPSA) is 43.1 Å². The SMILES string of the molecule is O=S.[3H]CCC#Cc1cccc(N)c1. The monoisotopic (exact) mass is 195 g/mol. The maximum Gasteiger partial charge on any atom is 0.197 e. The van der Waals surface area contributed by atoms with Gasteiger partial charge < -0.3 is 5.73 Å². The van der Waals surface area contributed by atoms with Crippen LogP contribution in [-0.2, 0) is 12.5 Å². The summed E-state index contributed by atoms with van der Waals surface area (Å²) in [6, 6.07) is 7.44. The Kier molecular flexibility index (Phi) is 5.41. The average molecular weight is 195 g/mol. The molecule has 3 heteroatoms. The van der Waals surface area contributed by atoms with Crippen LogP contribution >= 0.6 is 0 Å². The largest absolute Gasteiger partial charge is 0.399 e. The highest BCUT2D eigenvalue weighted by Crippen LogP contribution is 2.04. The molecule has 0 bridgehead atoms. The molecule has 0 heterocycles. The number of rotatable bonds is 0. The van der Waals surface area contributed by atoms with Gasteiger partial charge in [-0.3, -0.25) is 0 Å². The molecule has 1 rings (SSSR count). The summed E-state index contributed by atoms with van der Waals surface area (Å²) in [7, 11) is 0. The molecule has 2 N–H and O–H groups in total. The van der Waals surface area contributed by atoms with Gasteiger partial charge in [-0.05, 0) is 18.2 Å². The van der Waals surface area contributed by atoms with E-state index in [2.05, 4.69) is 24.4 Å². The number of nitrogens with two attached hydrogens (primary N) is 1. The Morgan fingerprint density at radius 3 is 3.00 bits per heavy atom. The van der Waals surface area contributed by atoms with Gasteiger partial charge in [-0.1, -0.05) is 24.8 Å². The van der Waals surface area contributed by atoms with Gasteiger partial charge in [0.1, 0.15) is 0 Å². The van der Waals surface area contributed by atoms with Crippen LogP contribution in [0.25, 0.3) is 0 Å². The van der Waals surface area contributed by atoms with Crippen LogP contribution in [0.15, 0.2) is 24.3 Å². The van der Waals surface area contributed by atoms with Gasteiger partial charge in [0.05, 0.1) is 0 Å². The zero-order valence-electron chi connectivity index (χ0n) is 8.12. The van der Waals surface area contributed by atoms with E-state index in [-0.39, 0.29) is 0 Å². The van der Waals surface area contributed by atoms with Gasteiger partial charge in [-0.15, -0.1) is 0 Å². The van der Waals surface area contributed by atoms with Crippen molar-refractivity contribution in [2.75, 3.05) is 5.73 Å². The predicted molar refractivity (Wildman–Crippen MR) is 56.2 cm³/mol. The second-order valence-corrected chi connectivity index (χ2v) is 2.18. The number of nitrogen functional groups attached to an aromatic ring is 1. The van der Waals surface area contributed by atoms with E-state index in [0.717, 1.165) is 11.3 Å². The van der Waals surface area contributed by atoms with Crippen molar-refractivity contribution in [2.24, 2.45) is 0 Å². The molecule has 0 saturated heterocycles. The van der Waals surface area contributed by atoms with E-state index in [4.69, 9.17) is 11.3 Å². The molecule has 0 saturated carbocycles. The van der Waals surface area contributed by atoms with Crippen LogP contribution in [0.4, 0.5) is 5.69 Å². The first-order chi connectivity index (χ1) is 6.83. The van der Waals surface area contributed by atoms with Crippen molar-refractivity contribution in [3.05, 3.63) is 29.8 Å². The van der Waals surface area contributed by atoms with Crippen molar-refractivity contribution >= 4 is 18.2 Å². The highest BCUT2D eigenvalue weighted by Gasteiger charge is 1.85. The first-order valence-corrected chi connectivity index (χ1v) is 3.96. The quantitative estimate of drug-likeness (QED) is 0.506. The molecule has 1 aromatic carbocycles. The zero-order valence-corrected chi connectivity index (χ0v) is 7.93. The summed E-state index contributed by atoms with van der Waals surface area (Å²) in [5.74, 6) is 5.82. The van der Waals surface area contributed by atoms with Crippen molar-refractivity contribution in [2.45, 2.75) is 13.3 Å². The van der Waals surface area contributed by atoms with Crippen LogP contribution in [0.2, 0.25) is 0 Å². The number of benzene rings is 1. The minimum Gasteiger partial charge on any atom is -0.399 e. The summed E-state index contributed by atoms with van der Waals surface area (Å²) in [6.07, 6.45) is 0.620. The van der Waals surface area contributed by atoms with Crippen molar-refractivity contribution in [3.8, 4) is 11.8 Å². The molecule has 1 aromatic rings. The highest BCUT2D eigenvalue weighted by atomic mass is 32.1. The molecular weight excluding hydrogens is 182 g/mol. The van der Waals surface area contributed by atoms with Gasteiger partial charge in [-0.25, -0.2) is 0 Å². The number of hydrogen-bond acceptors (Lipinski definition) is 3. The van der Waals surface area contributed by atoms with E-state index < -0.39 is 0 Å². The molecule has 0 aromatic heterocycles. The lowest BCUT2D eigenvalue weighted by Gasteiger charge is -1.91. The fourth-order valence-corrected chi connectivity index (χ4v) is 0.781. The van der Waals surface area contributed by atoms with E-state index in [1.54, 1.807) is 0 Å². The van der Waals surface area contributed by atoms with Crippen LogP contribution in [-0.4, -0.2) is 4.21 Å². The van der Waals surface area contributed by atoms with Crippen molar-refractivity contribution in [3.63, 3.8) is 0 Å². The number of anilines is 1. The summed E-state index contributed by atoms with van der Waals surface area (Å²) >= 11 is 2.83. The highest BCUT2D eigenvalue weighted by molar-refractivity contribution is 7.44. The normalized spacial score (nSPS) is 8.46. The molecule has 0 fully saturated rings. The summed E-state index contributed by atoms with van der Waals surface area (Å²) in [5, 5.41) is 0. The van der Waals surface area contributed by atoms with E-state index in [0.29, 0.717) is 13.3 Å². The second kappa shape index (κ2) is 7.26. The first-order valence-electron chi connectivity index (χ1n) is 4.34. The van der Waals surface area contributed by atoms with E-state index in [9.17, 15) is 0 Å². The smallest absolute Gasteiger partial charge is 0.197 e. The van der Waals surface area contributed by atoms with Gasteiger partial charge in [0.25, 0.3) is 0 Å². The maximum atomic E-state index is 7.83. The van der Waals surface area contributed by atoms with Gasteiger partial charge in [-0.2, -0.15) is 4.21 Å². The molecule has 0 spiro atoms. The van der Waals surface area contributed by atoms with Crippen LogP contribution in [0.5, 0.6) is 0 Å². The van der Waals surface area contributed by atoms with Crippen LogP contribution in [0.1, 0.15) is 20.3 Å². The third-order valence-electron chi connectivity index (χ3n) is 1.24. The molecule has 68 valence electrons. The molecule has 0 aliphatic carbocycles. The molecule has 2 nitrogen and oxygen atoms in total. The Morgan fingerprint density at radius 2 is 2.38 bits per heavy atom. The predicted octanol–water partition coefficient (Wildman–Crippen LogP) is 1.69. The van der Waals surface area contributed by atoms with Gasteiger partial charge >= 0.3 is 0 Å². The fourth-order valence-electron chi connectivity index (χ4n) is 0.781. The standard InChI is InChI=1S/C10H11N.OS/c1-2-3-5-9-6-4-7-10(11)8-9;1-2/h4,6-8H,2,11H2,1H3;/i1T;. The lowest BCUT2D eigenvalue weighted by atomic mass is 10.2. The Hall–Kier alpha value is -1.40. The van der Waals surface area contributed by atoms with Crippen molar-refractivity contribution < 1.29 is 5.58 Å². The lowest BCUT2D eigenvalue weighted by Crippen LogP contribution is -1.83. The second-order valence-electron chi connectivity index (χ2n) is 2.18. The van der Waals surface area contributed by atoms with Crippen LogP contribution < -0.4 is 5.73 Å². The van der Waals surface area contributed by atoms with Gasteiger partial charge in [0, 0.05) is 19.0 Å². The van der Waals surface area contributed by atoms with E-state index in [1.807, 2.05) is 24.3 Å². The molecule has 0 aliphatic rings. The number of hydrogen-bond donors (Lipinski definition) is 1. The molecule has 0 unspecified atom stereocenters. The first kappa shape index (κ1) is 9.69. The van der Waals surface area contributed by atoms with Crippen molar-refractivity contribution in [1.82, 2.24) is 0 Å².